The van der Waals surface area contributed by atoms with E-state index in [2.05, 4.69) is 0 Å². The Labute approximate surface area is 105 Å². The van der Waals surface area contributed by atoms with Gasteiger partial charge in [-0.05, 0) is 37.3 Å². The molecule has 0 bridgehead atoms. The summed E-state index contributed by atoms with van der Waals surface area (Å²) in [5.41, 5.74) is 2.49. The van der Waals surface area contributed by atoms with Crippen LogP contribution in [-0.4, -0.2) is 10.9 Å². The van der Waals surface area contributed by atoms with Gasteiger partial charge in [-0.15, -0.1) is 0 Å². The van der Waals surface area contributed by atoms with E-state index in [-0.39, 0.29) is 17.2 Å². The highest BCUT2D eigenvalue weighted by atomic mass is 16.6. The van der Waals surface area contributed by atoms with E-state index >= 15 is 0 Å². The summed E-state index contributed by atoms with van der Waals surface area (Å²) in [6, 6.07) is 3.62. The third-order valence-electron chi connectivity index (χ3n) is 3.20. The minimum atomic E-state index is -0.429. The fraction of sp³-hybridized carbons (Fsp3) is 0.462. The Morgan fingerprint density at radius 1 is 1.39 bits per heavy atom. The minimum absolute atomic E-state index is 0.0288. The number of esters is 1. The molecule has 0 heterocycles. The Morgan fingerprint density at radius 3 is 2.78 bits per heavy atom. The topological polar surface area (TPSA) is 69.4 Å². The third kappa shape index (κ3) is 2.50. The monoisotopic (exact) mass is 249 g/mol. The van der Waals surface area contributed by atoms with E-state index in [0.29, 0.717) is 5.56 Å². The number of carbonyl (C=O) groups is 1. The maximum absolute atomic E-state index is 11.2. The SMILES string of the molecule is CC(=O)OCc1ccc2c(c1[N+](=O)[O-])CCCC2. The van der Waals surface area contributed by atoms with Crippen molar-refractivity contribution in [2.24, 2.45) is 0 Å². The molecule has 0 aromatic heterocycles. The molecular weight excluding hydrogens is 234 g/mol. The Balaban J connectivity index is 2.40. The van der Waals surface area contributed by atoms with Gasteiger partial charge < -0.3 is 4.74 Å². The van der Waals surface area contributed by atoms with E-state index in [1.807, 2.05) is 6.07 Å². The zero-order chi connectivity index (χ0) is 13.1. The van der Waals surface area contributed by atoms with Gasteiger partial charge in [-0.25, -0.2) is 0 Å². The first-order valence-corrected chi connectivity index (χ1v) is 6.01. The number of hydrogen-bond donors (Lipinski definition) is 0. The molecule has 96 valence electrons. The number of benzene rings is 1. The lowest BCUT2D eigenvalue weighted by molar-refractivity contribution is -0.386. The molecule has 2 rings (SSSR count). The van der Waals surface area contributed by atoms with Crippen LogP contribution >= 0.6 is 0 Å². The normalized spacial score (nSPS) is 13.8. The highest BCUT2D eigenvalue weighted by molar-refractivity contribution is 5.66. The Morgan fingerprint density at radius 2 is 2.11 bits per heavy atom. The lowest BCUT2D eigenvalue weighted by Gasteiger charge is -2.17. The number of carbonyl (C=O) groups excluding carboxylic acids is 1. The van der Waals surface area contributed by atoms with Gasteiger partial charge in [0.2, 0.25) is 0 Å². The van der Waals surface area contributed by atoms with E-state index < -0.39 is 5.97 Å². The van der Waals surface area contributed by atoms with Crippen molar-refractivity contribution in [1.82, 2.24) is 0 Å². The van der Waals surface area contributed by atoms with Crippen LogP contribution in [0.2, 0.25) is 0 Å². The third-order valence-corrected chi connectivity index (χ3v) is 3.20. The maximum Gasteiger partial charge on any atom is 0.302 e. The first kappa shape index (κ1) is 12.5. The number of fused-ring (bicyclic) bond motifs is 1. The van der Waals surface area contributed by atoms with Crippen molar-refractivity contribution in [3.8, 4) is 0 Å². The molecule has 5 heteroatoms. The molecule has 0 saturated heterocycles. The van der Waals surface area contributed by atoms with Crippen LogP contribution in [0.15, 0.2) is 12.1 Å². The van der Waals surface area contributed by atoms with Crippen LogP contribution in [0, 0.1) is 10.1 Å². The number of ether oxygens (including phenoxy) is 1. The first-order valence-electron chi connectivity index (χ1n) is 6.01. The van der Waals surface area contributed by atoms with E-state index in [1.165, 1.54) is 6.92 Å². The van der Waals surface area contributed by atoms with Crippen LogP contribution in [0.1, 0.15) is 36.5 Å². The van der Waals surface area contributed by atoms with Gasteiger partial charge in [0.05, 0.1) is 10.5 Å². The van der Waals surface area contributed by atoms with Crippen molar-refractivity contribution in [3.63, 3.8) is 0 Å². The van der Waals surface area contributed by atoms with E-state index in [0.717, 1.165) is 36.8 Å². The summed E-state index contributed by atoms with van der Waals surface area (Å²) in [4.78, 5) is 21.6. The summed E-state index contributed by atoms with van der Waals surface area (Å²) in [6.07, 6.45) is 3.68. The molecule has 0 unspecified atom stereocenters. The summed E-state index contributed by atoms with van der Waals surface area (Å²) in [5.74, 6) is -0.429. The van der Waals surface area contributed by atoms with Crippen LogP contribution in [0.5, 0.6) is 0 Å². The largest absolute Gasteiger partial charge is 0.461 e. The molecule has 5 nitrogen and oxygen atoms in total. The Hall–Kier alpha value is -1.91. The Kier molecular flexibility index (Phi) is 3.60. The van der Waals surface area contributed by atoms with Crippen molar-refractivity contribution in [2.45, 2.75) is 39.2 Å². The fourth-order valence-corrected chi connectivity index (χ4v) is 2.38. The zero-order valence-electron chi connectivity index (χ0n) is 10.3. The molecule has 0 amide bonds. The summed E-state index contributed by atoms with van der Waals surface area (Å²) in [5, 5.41) is 11.2. The van der Waals surface area contributed by atoms with Gasteiger partial charge in [-0.2, -0.15) is 0 Å². The number of hydrogen-bond acceptors (Lipinski definition) is 4. The molecule has 1 aromatic rings. The van der Waals surface area contributed by atoms with E-state index in [4.69, 9.17) is 4.74 Å². The number of nitro groups is 1. The number of aryl methyl sites for hydroxylation is 1. The first-order chi connectivity index (χ1) is 8.59. The summed E-state index contributed by atoms with van der Waals surface area (Å²) in [6.45, 7) is 1.27. The van der Waals surface area contributed by atoms with E-state index in [1.54, 1.807) is 6.07 Å². The molecule has 18 heavy (non-hydrogen) atoms. The Bertz CT molecular complexity index is 496. The zero-order valence-corrected chi connectivity index (χ0v) is 10.3. The van der Waals surface area contributed by atoms with Crippen LogP contribution in [0.3, 0.4) is 0 Å². The summed E-state index contributed by atoms with van der Waals surface area (Å²) in [7, 11) is 0. The van der Waals surface area contributed by atoms with Gasteiger partial charge in [0.1, 0.15) is 6.61 Å². The van der Waals surface area contributed by atoms with Crippen LogP contribution in [-0.2, 0) is 29.0 Å². The van der Waals surface area contributed by atoms with Crippen molar-refractivity contribution in [1.29, 1.82) is 0 Å². The molecule has 0 atom stereocenters. The summed E-state index contributed by atoms with van der Waals surface area (Å²) < 4.78 is 4.87. The second kappa shape index (κ2) is 5.16. The molecular formula is C13H15NO4. The summed E-state index contributed by atoms with van der Waals surface area (Å²) >= 11 is 0. The molecule has 0 saturated carbocycles. The van der Waals surface area contributed by atoms with Crippen molar-refractivity contribution >= 4 is 11.7 Å². The maximum atomic E-state index is 11.2. The minimum Gasteiger partial charge on any atom is -0.461 e. The molecule has 1 aliphatic rings. The van der Waals surface area contributed by atoms with Gasteiger partial charge >= 0.3 is 5.97 Å². The van der Waals surface area contributed by atoms with Crippen LogP contribution in [0.4, 0.5) is 5.69 Å². The lowest BCUT2D eigenvalue weighted by Crippen LogP contribution is -2.10. The van der Waals surface area contributed by atoms with Gasteiger partial charge in [0.25, 0.3) is 5.69 Å². The predicted octanol–water partition coefficient (Wildman–Crippen LogP) is 2.54. The van der Waals surface area contributed by atoms with Crippen molar-refractivity contribution < 1.29 is 14.5 Å². The standard InChI is InChI=1S/C13H15NO4/c1-9(15)18-8-11-7-6-10-4-2-3-5-12(10)13(11)14(16)17/h6-7H,2-5,8H2,1H3. The highest BCUT2D eigenvalue weighted by Crippen LogP contribution is 2.33. The van der Waals surface area contributed by atoms with Crippen molar-refractivity contribution in [2.75, 3.05) is 0 Å². The second-order valence-electron chi connectivity index (χ2n) is 4.46. The fourth-order valence-electron chi connectivity index (χ4n) is 2.38. The van der Waals surface area contributed by atoms with Gasteiger partial charge in [-0.1, -0.05) is 6.07 Å². The average Bonchev–Trinajstić information content (AvgIpc) is 2.35. The molecule has 1 aliphatic carbocycles. The quantitative estimate of drug-likeness (QED) is 0.469. The van der Waals surface area contributed by atoms with Crippen LogP contribution in [0.25, 0.3) is 0 Å². The second-order valence-corrected chi connectivity index (χ2v) is 4.46. The molecule has 0 fully saturated rings. The van der Waals surface area contributed by atoms with Gasteiger partial charge in [0, 0.05) is 12.5 Å². The van der Waals surface area contributed by atoms with Gasteiger partial charge in [0.15, 0.2) is 0 Å². The van der Waals surface area contributed by atoms with Crippen molar-refractivity contribution in [3.05, 3.63) is 38.9 Å². The molecule has 0 aliphatic heterocycles. The number of nitro benzene ring substituents is 1. The average molecular weight is 249 g/mol. The molecule has 0 N–H and O–H groups in total. The molecule has 0 spiro atoms. The lowest BCUT2D eigenvalue weighted by atomic mass is 9.89. The predicted molar refractivity (Wildman–Crippen MR) is 65.2 cm³/mol. The van der Waals surface area contributed by atoms with Crippen LogP contribution < -0.4 is 0 Å². The highest BCUT2D eigenvalue weighted by Gasteiger charge is 2.24. The van der Waals surface area contributed by atoms with E-state index in [9.17, 15) is 14.9 Å². The molecule has 0 radical (unpaired) electrons. The number of nitrogens with zero attached hydrogens (tertiary/aromatic N) is 1. The molecule has 1 aromatic carbocycles. The smallest absolute Gasteiger partial charge is 0.302 e. The van der Waals surface area contributed by atoms with Gasteiger partial charge in [-0.3, -0.25) is 14.9 Å². The number of rotatable bonds is 3.